The average molecular weight is 281 g/mol. The summed E-state index contributed by atoms with van der Waals surface area (Å²) in [5.41, 5.74) is 1.75. The molecule has 0 aliphatic carbocycles. The number of carbonyl (C=O) groups excluding carboxylic acids is 1. The zero-order valence-electron chi connectivity index (χ0n) is 11.4. The zero-order valence-corrected chi connectivity index (χ0v) is 11.4. The molecule has 0 fully saturated rings. The molecule has 4 heteroatoms. The van der Waals surface area contributed by atoms with Crippen LogP contribution in [0.15, 0.2) is 60.8 Å². The Balaban J connectivity index is 1.54. The lowest BCUT2D eigenvalue weighted by Gasteiger charge is -2.03. The number of nitrogens with one attached hydrogen (secondary N) is 1. The Hall–Kier alpha value is -2.75. The van der Waals surface area contributed by atoms with Crippen LogP contribution >= 0.6 is 0 Å². The van der Waals surface area contributed by atoms with E-state index in [1.807, 2.05) is 36.4 Å². The number of hydrogen-bond donors (Lipinski definition) is 1. The highest BCUT2D eigenvalue weighted by Crippen LogP contribution is 2.32. The lowest BCUT2D eigenvalue weighted by atomic mass is 10.1. The minimum atomic E-state index is -0.0196. The van der Waals surface area contributed by atoms with E-state index in [1.54, 1.807) is 18.3 Å². The van der Waals surface area contributed by atoms with E-state index in [4.69, 9.17) is 9.47 Å². The Kier molecular flexibility index (Phi) is 3.87. The predicted molar refractivity (Wildman–Crippen MR) is 79.3 cm³/mol. The molecule has 0 saturated heterocycles. The van der Waals surface area contributed by atoms with Crippen molar-refractivity contribution in [1.29, 1.82) is 0 Å². The van der Waals surface area contributed by atoms with Crippen LogP contribution in [0.25, 0.3) is 0 Å². The van der Waals surface area contributed by atoms with Gasteiger partial charge in [0.2, 0.25) is 6.79 Å². The van der Waals surface area contributed by atoms with Crippen LogP contribution in [0, 0.1) is 0 Å². The molecule has 0 atom stereocenters. The molecule has 0 spiro atoms. The summed E-state index contributed by atoms with van der Waals surface area (Å²) in [6.45, 7) is 0.896. The number of rotatable bonds is 5. The lowest BCUT2D eigenvalue weighted by Crippen LogP contribution is -2.05. The molecule has 0 radical (unpaired) electrons. The van der Waals surface area contributed by atoms with Crippen molar-refractivity contribution in [3.8, 4) is 11.5 Å². The van der Waals surface area contributed by atoms with Gasteiger partial charge in [0.05, 0.1) is 0 Å². The molecule has 0 aromatic heterocycles. The Morgan fingerprint density at radius 1 is 1.10 bits per heavy atom. The maximum atomic E-state index is 11.8. The number of ketones is 1. The fourth-order valence-corrected chi connectivity index (χ4v) is 2.06. The maximum absolute atomic E-state index is 11.8. The van der Waals surface area contributed by atoms with Gasteiger partial charge in [0.15, 0.2) is 17.3 Å². The van der Waals surface area contributed by atoms with E-state index in [0.717, 1.165) is 17.1 Å². The van der Waals surface area contributed by atoms with Crippen LogP contribution in [-0.2, 0) is 6.54 Å². The molecular formula is C17H15NO3. The summed E-state index contributed by atoms with van der Waals surface area (Å²) >= 11 is 0. The number of benzene rings is 2. The van der Waals surface area contributed by atoms with Crippen LogP contribution in [0.5, 0.6) is 11.5 Å². The van der Waals surface area contributed by atoms with Gasteiger partial charge >= 0.3 is 0 Å². The van der Waals surface area contributed by atoms with Crippen molar-refractivity contribution in [2.24, 2.45) is 0 Å². The minimum Gasteiger partial charge on any atom is -0.454 e. The smallest absolute Gasteiger partial charge is 0.231 e. The van der Waals surface area contributed by atoms with Gasteiger partial charge in [-0.15, -0.1) is 0 Å². The molecule has 2 aromatic rings. The van der Waals surface area contributed by atoms with Crippen molar-refractivity contribution < 1.29 is 14.3 Å². The third-order valence-electron chi connectivity index (χ3n) is 3.15. The number of fused-ring (bicyclic) bond motifs is 1. The van der Waals surface area contributed by atoms with Crippen molar-refractivity contribution in [2.75, 3.05) is 6.79 Å². The Bertz CT molecular complexity index is 665. The largest absolute Gasteiger partial charge is 0.454 e. The van der Waals surface area contributed by atoms with E-state index in [-0.39, 0.29) is 12.6 Å². The van der Waals surface area contributed by atoms with Crippen LogP contribution in [-0.4, -0.2) is 12.6 Å². The first-order valence-corrected chi connectivity index (χ1v) is 6.71. The third-order valence-corrected chi connectivity index (χ3v) is 3.15. The van der Waals surface area contributed by atoms with Crippen molar-refractivity contribution >= 4 is 5.78 Å². The quantitative estimate of drug-likeness (QED) is 0.676. The van der Waals surface area contributed by atoms with Gasteiger partial charge in [-0.05, 0) is 17.7 Å². The van der Waals surface area contributed by atoms with Crippen molar-refractivity contribution in [3.05, 3.63) is 71.9 Å². The molecule has 1 N–H and O–H groups in total. The molecule has 2 aromatic carbocycles. The highest BCUT2D eigenvalue weighted by atomic mass is 16.7. The summed E-state index contributed by atoms with van der Waals surface area (Å²) in [4.78, 5) is 11.8. The Morgan fingerprint density at radius 3 is 2.76 bits per heavy atom. The zero-order chi connectivity index (χ0) is 14.5. The van der Waals surface area contributed by atoms with Crippen LogP contribution in [0.1, 0.15) is 15.9 Å². The van der Waals surface area contributed by atoms with Gasteiger partial charge in [0.25, 0.3) is 0 Å². The fourth-order valence-electron chi connectivity index (χ4n) is 2.06. The number of hydrogen-bond acceptors (Lipinski definition) is 4. The molecule has 21 heavy (non-hydrogen) atoms. The SMILES string of the molecule is O=C(C=CNCc1ccc2c(c1)OCO2)c1ccccc1. The summed E-state index contributed by atoms with van der Waals surface area (Å²) in [7, 11) is 0. The first-order valence-electron chi connectivity index (χ1n) is 6.71. The van der Waals surface area contributed by atoms with Crippen LogP contribution in [0.3, 0.4) is 0 Å². The monoisotopic (exact) mass is 281 g/mol. The van der Waals surface area contributed by atoms with Crippen LogP contribution < -0.4 is 14.8 Å². The third kappa shape index (κ3) is 3.23. The molecule has 4 nitrogen and oxygen atoms in total. The number of allylic oxidation sites excluding steroid dienone is 1. The second-order valence-electron chi connectivity index (χ2n) is 4.63. The minimum absolute atomic E-state index is 0.0196. The molecular weight excluding hydrogens is 266 g/mol. The molecule has 0 bridgehead atoms. The van der Waals surface area contributed by atoms with Crippen molar-refractivity contribution in [2.45, 2.75) is 6.54 Å². The molecule has 0 amide bonds. The average Bonchev–Trinajstić information content (AvgIpc) is 3.00. The Labute approximate surface area is 123 Å². The van der Waals surface area contributed by atoms with Crippen LogP contribution in [0.2, 0.25) is 0 Å². The molecule has 1 heterocycles. The lowest BCUT2D eigenvalue weighted by molar-refractivity contribution is 0.104. The molecule has 0 saturated carbocycles. The number of ether oxygens (including phenoxy) is 2. The summed E-state index contributed by atoms with van der Waals surface area (Å²) in [5.74, 6) is 1.51. The van der Waals surface area contributed by atoms with Gasteiger partial charge in [-0.2, -0.15) is 0 Å². The predicted octanol–water partition coefficient (Wildman–Crippen LogP) is 2.90. The molecule has 3 rings (SSSR count). The maximum Gasteiger partial charge on any atom is 0.231 e. The topological polar surface area (TPSA) is 47.6 Å². The van der Waals surface area contributed by atoms with Crippen molar-refractivity contribution in [3.63, 3.8) is 0 Å². The molecule has 106 valence electrons. The highest BCUT2D eigenvalue weighted by molar-refractivity contribution is 6.04. The van der Waals surface area contributed by atoms with Crippen molar-refractivity contribution in [1.82, 2.24) is 5.32 Å². The van der Waals surface area contributed by atoms with Gasteiger partial charge in [0.1, 0.15) is 0 Å². The summed E-state index contributed by atoms with van der Waals surface area (Å²) in [5, 5.41) is 3.10. The molecule has 0 unspecified atom stereocenters. The summed E-state index contributed by atoms with van der Waals surface area (Å²) in [6.07, 6.45) is 3.20. The van der Waals surface area contributed by atoms with Gasteiger partial charge in [-0.3, -0.25) is 4.79 Å². The van der Waals surface area contributed by atoms with Gasteiger partial charge < -0.3 is 14.8 Å². The second kappa shape index (κ2) is 6.13. The summed E-state index contributed by atoms with van der Waals surface area (Å²) in [6, 6.07) is 15.0. The first-order chi connectivity index (χ1) is 10.3. The molecule has 1 aliphatic rings. The van der Waals surface area contributed by atoms with E-state index in [9.17, 15) is 4.79 Å². The Morgan fingerprint density at radius 2 is 1.90 bits per heavy atom. The standard InChI is InChI=1S/C17H15NO3/c19-15(14-4-2-1-3-5-14)8-9-18-11-13-6-7-16-17(10-13)21-12-20-16/h1-10,18H,11-12H2. The number of carbonyl (C=O) groups is 1. The van der Waals surface area contributed by atoms with Gasteiger partial charge in [-0.1, -0.05) is 36.4 Å². The first kappa shape index (κ1) is 13.2. The second-order valence-corrected chi connectivity index (χ2v) is 4.63. The van der Waals surface area contributed by atoms with E-state index < -0.39 is 0 Å². The van der Waals surface area contributed by atoms with E-state index in [2.05, 4.69) is 5.32 Å². The van der Waals surface area contributed by atoms with Gasteiger partial charge in [-0.25, -0.2) is 0 Å². The fraction of sp³-hybridized carbons (Fsp3) is 0.118. The van der Waals surface area contributed by atoms with Crippen LogP contribution in [0.4, 0.5) is 0 Å². The highest BCUT2D eigenvalue weighted by Gasteiger charge is 2.12. The summed E-state index contributed by atoms with van der Waals surface area (Å²) < 4.78 is 10.6. The normalized spacial score (nSPS) is 12.6. The van der Waals surface area contributed by atoms with E-state index in [1.165, 1.54) is 6.08 Å². The van der Waals surface area contributed by atoms with E-state index in [0.29, 0.717) is 12.1 Å². The molecule has 1 aliphatic heterocycles. The van der Waals surface area contributed by atoms with E-state index >= 15 is 0 Å². The van der Waals surface area contributed by atoms with Gasteiger partial charge in [0, 0.05) is 24.4 Å².